The summed E-state index contributed by atoms with van der Waals surface area (Å²) in [4.78, 5) is 42.1. The van der Waals surface area contributed by atoms with E-state index in [1.165, 1.54) is 9.80 Å². The molecule has 0 spiro atoms. The molecule has 30 heavy (non-hydrogen) atoms. The molecule has 1 fully saturated rings. The zero-order chi connectivity index (χ0) is 21.3. The van der Waals surface area contributed by atoms with E-state index in [4.69, 9.17) is 9.47 Å². The minimum atomic E-state index is -0.662. The van der Waals surface area contributed by atoms with Gasteiger partial charge in [0.15, 0.2) is 17.6 Å². The molecule has 4 amide bonds. The number of rotatable bonds is 5. The van der Waals surface area contributed by atoms with E-state index in [1.807, 2.05) is 30.3 Å². The van der Waals surface area contributed by atoms with E-state index in [0.717, 1.165) is 4.90 Å². The van der Waals surface area contributed by atoms with Gasteiger partial charge in [-0.05, 0) is 31.2 Å². The van der Waals surface area contributed by atoms with Crippen molar-refractivity contribution in [2.24, 2.45) is 0 Å². The number of fused-ring (bicyclic) bond motifs is 1. The van der Waals surface area contributed by atoms with Crippen LogP contribution in [0.5, 0.6) is 11.5 Å². The molecule has 2 atom stereocenters. The maximum atomic E-state index is 12.8. The first-order valence-corrected chi connectivity index (χ1v) is 9.78. The molecule has 0 aromatic heterocycles. The van der Waals surface area contributed by atoms with Gasteiger partial charge >= 0.3 is 6.03 Å². The summed E-state index contributed by atoms with van der Waals surface area (Å²) in [6, 6.07) is 15.1. The van der Waals surface area contributed by atoms with Crippen LogP contribution in [0, 0.1) is 0 Å². The molecule has 8 heteroatoms. The lowest BCUT2D eigenvalue weighted by molar-refractivity contribution is -0.137. The Kier molecular flexibility index (Phi) is 5.31. The average Bonchev–Trinajstić information content (AvgIpc) is 2.97. The van der Waals surface area contributed by atoms with Crippen LogP contribution in [0.2, 0.25) is 0 Å². The first-order chi connectivity index (χ1) is 14.5. The third-order valence-electron chi connectivity index (χ3n) is 5.25. The molecule has 2 aromatic rings. The second kappa shape index (κ2) is 8.06. The van der Waals surface area contributed by atoms with Crippen LogP contribution in [0.15, 0.2) is 54.6 Å². The average molecular weight is 409 g/mol. The molecule has 0 radical (unpaired) electrons. The van der Waals surface area contributed by atoms with Gasteiger partial charge in [-0.1, -0.05) is 30.3 Å². The van der Waals surface area contributed by atoms with Crippen molar-refractivity contribution in [1.29, 1.82) is 0 Å². The number of benzene rings is 2. The van der Waals surface area contributed by atoms with E-state index in [9.17, 15) is 14.4 Å². The fraction of sp³-hybridized carbons (Fsp3) is 0.318. The van der Waals surface area contributed by atoms with E-state index in [-0.39, 0.29) is 25.1 Å². The lowest BCUT2D eigenvalue weighted by Crippen LogP contribution is -2.46. The molecular weight excluding hydrogens is 386 g/mol. The quantitative estimate of drug-likeness (QED) is 0.707. The molecule has 0 saturated carbocycles. The van der Waals surface area contributed by atoms with Gasteiger partial charge in [0, 0.05) is 12.7 Å². The minimum Gasteiger partial charge on any atom is -0.486 e. The van der Waals surface area contributed by atoms with Gasteiger partial charge in [-0.2, -0.15) is 0 Å². The maximum absolute atomic E-state index is 12.8. The summed E-state index contributed by atoms with van der Waals surface area (Å²) in [5.74, 6) is 0.566. The normalized spacial score (nSPS) is 20.5. The number of nitrogens with zero attached hydrogens (tertiary/aromatic N) is 3. The van der Waals surface area contributed by atoms with Crippen molar-refractivity contribution < 1.29 is 23.9 Å². The Morgan fingerprint density at radius 3 is 2.47 bits per heavy atom. The van der Waals surface area contributed by atoms with Crippen LogP contribution in [0.25, 0.3) is 0 Å². The highest BCUT2D eigenvalue weighted by Crippen LogP contribution is 2.31. The monoisotopic (exact) mass is 409 g/mol. The number of carbonyl (C=O) groups excluding carboxylic acids is 3. The van der Waals surface area contributed by atoms with E-state index in [2.05, 4.69) is 0 Å². The van der Waals surface area contributed by atoms with E-state index >= 15 is 0 Å². The SMILES string of the molecule is C[C@H]1C(=O)N(CC(=O)N(C)C[C@H]2COc3ccccc3O2)C(=O)N1c1ccccc1. The van der Waals surface area contributed by atoms with Gasteiger partial charge in [0.2, 0.25) is 5.91 Å². The molecule has 2 aliphatic heterocycles. The lowest BCUT2D eigenvalue weighted by Gasteiger charge is -2.30. The number of hydrogen-bond donors (Lipinski definition) is 0. The maximum Gasteiger partial charge on any atom is 0.332 e. The fourth-order valence-electron chi connectivity index (χ4n) is 3.61. The smallest absolute Gasteiger partial charge is 0.332 e. The van der Waals surface area contributed by atoms with Crippen molar-refractivity contribution in [3.05, 3.63) is 54.6 Å². The molecule has 2 aromatic carbocycles. The van der Waals surface area contributed by atoms with Crippen LogP contribution >= 0.6 is 0 Å². The molecule has 2 heterocycles. The van der Waals surface area contributed by atoms with Crippen LogP contribution in [-0.4, -0.2) is 66.5 Å². The topological polar surface area (TPSA) is 79.4 Å². The second-order valence-corrected chi connectivity index (χ2v) is 7.36. The number of ether oxygens (including phenoxy) is 2. The highest BCUT2D eigenvalue weighted by molar-refractivity contribution is 6.15. The van der Waals surface area contributed by atoms with Crippen molar-refractivity contribution in [2.75, 3.05) is 31.6 Å². The number of amides is 4. The van der Waals surface area contributed by atoms with E-state index in [1.54, 1.807) is 38.2 Å². The summed E-state index contributed by atoms with van der Waals surface area (Å²) >= 11 is 0. The van der Waals surface area contributed by atoms with Crippen LogP contribution in [-0.2, 0) is 9.59 Å². The number of carbonyl (C=O) groups is 3. The summed E-state index contributed by atoms with van der Waals surface area (Å²) in [7, 11) is 1.62. The van der Waals surface area contributed by atoms with Crippen molar-refractivity contribution in [1.82, 2.24) is 9.80 Å². The summed E-state index contributed by atoms with van der Waals surface area (Å²) in [5.41, 5.74) is 0.623. The lowest BCUT2D eigenvalue weighted by atomic mass is 10.2. The van der Waals surface area contributed by atoms with Crippen molar-refractivity contribution >= 4 is 23.5 Å². The van der Waals surface area contributed by atoms with Gasteiger partial charge < -0.3 is 14.4 Å². The van der Waals surface area contributed by atoms with Crippen LogP contribution < -0.4 is 14.4 Å². The van der Waals surface area contributed by atoms with Crippen molar-refractivity contribution in [2.45, 2.75) is 19.1 Å². The van der Waals surface area contributed by atoms with Crippen LogP contribution in [0.1, 0.15) is 6.92 Å². The Hall–Kier alpha value is -3.55. The molecule has 4 rings (SSSR count). The summed E-state index contributed by atoms with van der Waals surface area (Å²) < 4.78 is 11.6. The predicted octanol–water partition coefficient (Wildman–Crippen LogP) is 2.14. The zero-order valence-electron chi connectivity index (χ0n) is 16.9. The zero-order valence-corrected chi connectivity index (χ0v) is 16.9. The molecule has 0 N–H and O–H groups in total. The molecule has 156 valence electrons. The second-order valence-electron chi connectivity index (χ2n) is 7.36. The third kappa shape index (κ3) is 3.68. The summed E-state index contributed by atoms with van der Waals surface area (Å²) in [6.45, 7) is 1.94. The number of para-hydroxylation sites is 3. The molecular formula is C22H23N3O5. The standard InChI is InChI=1S/C22H23N3O5/c1-15-21(27)24(22(28)25(15)16-8-4-3-5-9-16)13-20(26)23(2)12-17-14-29-18-10-6-7-11-19(18)30-17/h3-11,15,17H,12-14H2,1-2H3/t15-,17-/m0/s1. The van der Waals surface area contributed by atoms with Gasteiger partial charge in [0.25, 0.3) is 5.91 Å². The Morgan fingerprint density at radius 2 is 1.73 bits per heavy atom. The Labute approximate surface area is 174 Å². The molecule has 0 bridgehead atoms. The first kappa shape index (κ1) is 19.8. The van der Waals surface area contributed by atoms with E-state index < -0.39 is 18.0 Å². The molecule has 0 aliphatic carbocycles. The predicted molar refractivity (Wildman–Crippen MR) is 109 cm³/mol. The van der Waals surface area contributed by atoms with Gasteiger partial charge in [-0.3, -0.25) is 19.4 Å². The Balaban J connectivity index is 1.38. The molecule has 0 unspecified atom stereocenters. The van der Waals surface area contributed by atoms with Crippen molar-refractivity contribution in [3.63, 3.8) is 0 Å². The van der Waals surface area contributed by atoms with Gasteiger partial charge in [-0.25, -0.2) is 4.79 Å². The van der Waals surface area contributed by atoms with Gasteiger partial charge in [0.05, 0.1) is 6.54 Å². The fourth-order valence-corrected chi connectivity index (χ4v) is 3.61. The van der Waals surface area contributed by atoms with Crippen LogP contribution in [0.3, 0.4) is 0 Å². The van der Waals surface area contributed by atoms with Crippen molar-refractivity contribution in [3.8, 4) is 11.5 Å². The largest absolute Gasteiger partial charge is 0.486 e. The number of likely N-dealkylation sites (N-methyl/N-ethyl adjacent to an activating group) is 1. The first-order valence-electron chi connectivity index (χ1n) is 9.78. The minimum absolute atomic E-state index is 0.279. The van der Waals surface area contributed by atoms with E-state index in [0.29, 0.717) is 23.8 Å². The molecule has 2 aliphatic rings. The summed E-state index contributed by atoms with van der Waals surface area (Å²) in [5, 5.41) is 0. The number of hydrogen-bond acceptors (Lipinski definition) is 5. The molecule has 1 saturated heterocycles. The highest BCUT2D eigenvalue weighted by Gasteiger charge is 2.44. The van der Waals surface area contributed by atoms with Gasteiger partial charge in [-0.15, -0.1) is 0 Å². The Morgan fingerprint density at radius 1 is 1.07 bits per heavy atom. The highest BCUT2D eigenvalue weighted by atomic mass is 16.6. The Bertz CT molecular complexity index is 964. The molecule has 8 nitrogen and oxygen atoms in total. The summed E-state index contributed by atoms with van der Waals surface area (Å²) in [6.07, 6.45) is -0.335. The number of imide groups is 1. The van der Waals surface area contributed by atoms with Gasteiger partial charge in [0.1, 0.15) is 19.2 Å². The van der Waals surface area contributed by atoms with Crippen LogP contribution in [0.4, 0.5) is 10.5 Å². The third-order valence-corrected chi connectivity index (χ3v) is 5.25. The number of anilines is 1. The number of urea groups is 1.